The third-order valence-electron chi connectivity index (χ3n) is 4.32. The molecule has 1 aromatic rings. The summed E-state index contributed by atoms with van der Waals surface area (Å²) >= 11 is -0.224. The summed E-state index contributed by atoms with van der Waals surface area (Å²) < 4.78 is 44.0. The molecule has 0 spiro atoms. The molecule has 2 N–H and O–H groups in total. The molecule has 2 unspecified atom stereocenters. The van der Waals surface area contributed by atoms with Gasteiger partial charge in [-0.2, -0.15) is 18.4 Å². The number of benzene rings is 1. The van der Waals surface area contributed by atoms with Gasteiger partial charge in [-0.25, -0.2) is 0 Å². The van der Waals surface area contributed by atoms with Gasteiger partial charge in [-0.05, 0) is 43.8 Å². The Hall–Kier alpha value is -2.12. The van der Waals surface area contributed by atoms with Crippen LogP contribution in [0, 0.1) is 11.5 Å². The van der Waals surface area contributed by atoms with Gasteiger partial charge in [0.15, 0.2) is 0 Å². The first-order valence-electron chi connectivity index (χ1n) is 7.86. The van der Waals surface area contributed by atoms with Crippen LogP contribution < -0.4 is 10.1 Å². The zero-order valence-corrected chi connectivity index (χ0v) is 14.9. The van der Waals surface area contributed by atoms with Crippen molar-refractivity contribution in [3.05, 3.63) is 23.8 Å². The van der Waals surface area contributed by atoms with E-state index in [1.807, 2.05) is 0 Å². The smallest absolute Gasteiger partial charge is 0.446 e. The van der Waals surface area contributed by atoms with E-state index in [9.17, 15) is 18.3 Å². The molecule has 2 heterocycles. The summed E-state index contributed by atoms with van der Waals surface area (Å²) in [7, 11) is 0. The zero-order valence-electron chi connectivity index (χ0n) is 14.0. The van der Waals surface area contributed by atoms with Crippen molar-refractivity contribution in [1.82, 2.24) is 10.2 Å². The molecule has 0 bridgehead atoms. The normalized spacial score (nSPS) is 26.0. The number of ether oxygens (including phenoxy) is 1. The highest BCUT2D eigenvalue weighted by molar-refractivity contribution is 8.00. The largest absolute Gasteiger partial charge is 0.485 e. The number of hydrogen-bond donors (Lipinski definition) is 2. The van der Waals surface area contributed by atoms with Crippen LogP contribution in [0.25, 0.3) is 0 Å². The summed E-state index contributed by atoms with van der Waals surface area (Å²) in [6.07, 6.45) is 0.662. The molecule has 0 aliphatic carbocycles. The number of aliphatic imine (C=N–C) groups is 1. The van der Waals surface area contributed by atoms with Crippen molar-refractivity contribution in [1.29, 1.82) is 5.26 Å². The Morgan fingerprint density at radius 3 is 2.85 bits per heavy atom. The van der Waals surface area contributed by atoms with E-state index in [-0.39, 0.29) is 22.6 Å². The zero-order chi connectivity index (χ0) is 19.1. The lowest BCUT2D eigenvalue weighted by molar-refractivity contribution is -0.0802. The first-order chi connectivity index (χ1) is 12.1. The second kappa shape index (κ2) is 6.55. The van der Waals surface area contributed by atoms with Gasteiger partial charge in [0.25, 0.3) is 0 Å². The van der Waals surface area contributed by atoms with Crippen molar-refractivity contribution in [2.75, 3.05) is 13.1 Å². The fourth-order valence-corrected chi connectivity index (χ4v) is 3.79. The van der Waals surface area contributed by atoms with Gasteiger partial charge in [0.05, 0.1) is 6.04 Å². The van der Waals surface area contributed by atoms with Crippen molar-refractivity contribution < 1.29 is 23.0 Å². The van der Waals surface area contributed by atoms with Crippen molar-refractivity contribution in [3.63, 3.8) is 0 Å². The standard InChI is InChI=1S/C16H17F3N4O2S/c1-15(2)13(24)12(23-6-5-21-14(23)22-8-20)10-7-9(26-16(17,18)19)3-4-11(10)25-15/h3-4,7,12-13,24H,5-6H2,1-2H3,(H,21,22). The van der Waals surface area contributed by atoms with Gasteiger partial charge in [0.2, 0.25) is 12.2 Å². The number of fused-ring (bicyclic) bond motifs is 1. The highest BCUT2D eigenvalue weighted by atomic mass is 32.2. The monoisotopic (exact) mass is 386 g/mol. The number of nitrogens with zero attached hydrogens (tertiary/aromatic N) is 3. The van der Waals surface area contributed by atoms with Crippen LogP contribution in [0.5, 0.6) is 5.75 Å². The molecule has 1 saturated heterocycles. The van der Waals surface area contributed by atoms with Gasteiger partial charge in [-0.1, -0.05) is 0 Å². The van der Waals surface area contributed by atoms with Gasteiger partial charge in [0.1, 0.15) is 17.5 Å². The second-order valence-corrected chi connectivity index (χ2v) is 7.64. The summed E-state index contributed by atoms with van der Waals surface area (Å²) in [6.45, 7) is 4.37. The first kappa shape index (κ1) is 18.7. The van der Waals surface area contributed by atoms with Crippen molar-refractivity contribution >= 4 is 17.7 Å². The molecule has 0 radical (unpaired) electrons. The molecule has 10 heteroatoms. The van der Waals surface area contributed by atoms with Crippen LogP contribution in [0.15, 0.2) is 28.1 Å². The third kappa shape index (κ3) is 3.54. The predicted octanol–water partition coefficient (Wildman–Crippen LogP) is 2.61. The maximum atomic E-state index is 12.7. The maximum absolute atomic E-state index is 12.7. The molecule has 1 fully saturated rings. The second-order valence-electron chi connectivity index (χ2n) is 6.50. The number of nitrogens with one attached hydrogen (secondary N) is 1. The molecule has 0 aromatic heterocycles. The predicted molar refractivity (Wildman–Crippen MR) is 89.6 cm³/mol. The molecule has 26 heavy (non-hydrogen) atoms. The average molecular weight is 386 g/mol. The number of guanidine groups is 1. The van der Waals surface area contributed by atoms with E-state index in [1.54, 1.807) is 24.9 Å². The SMILES string of the molecule is CC1(C)Oc2ccc(SC(F)(F)F)cc2C(N2CCNC2=NC#N)C1O. The minimum absolute atomic E-state index is 0.00249. The molecule has 0 saturated carbocycles. The number of rotatable bonds is 2. The van der Waals surface area contributed by atoms with Crippen LogP contribution in [-0.4, -0.2) is 46.3 Å². The summed E-state index contributed by atoms with van der Waals surface area (Å²) in [4.78, 5) is 5.41. The number of aliphatic hydroxyl groups is 1. The van der Waals surface area contributed by atoms with E-state index in [0.29, 0.717) is 24.4 Å². The van der Waals surface area contributed by atoms with Crippen LogP contribution in [-0.2, 0) is 0 Å². The molecular formula is C16H17F3N4O2S. The van der Waals surface area contributed by atoms with Crippen LogP contribution in [0.2, 0.25) is 0 Å². The van der Waals surface area contributed by atoms with E-state index in [4.69, 9.17) is 10.00 Å². The Kier molecular flexibility index (Phi) is 4.71. The fraction of sp³-hybridized carbons (Fsp3) is 0.500. The molecule has 3 rings (SSSR count). The highest BCUT2D eigenvalue weighted by Crippen LogP contribution is 2.46. The topological polar surface area (TPSA) is 80.9 Å². The first-order valence-corrected chi connectivity index (χ1v) is 8.68. The van der Waals surface area contributed by atoms with Crippen LogP contribution in [0.3, 0.4) is 0 Å². The maximum Gasteiger partial charge on any atom is 0.446 e. The van der Waals surface area contributed by atoms with Crippen molar-refractivity contribution in [2.24, 2.45) is 4.99 Å². The van der Waals surface area contributed by atoms with Crippen LogP contribution >= 0.6 is 11.8 Å². The average Bonchev–Trinajstić information content (AvgIpc) is 2.96. The molecule has 6 nitrogen and oxygen atoms in total. The van der Waals surface area contributed by atoms with E-state index in [0.717, 1.165) is 0 Å². The van der Waals surface area contributed by atoms with Gasteiger partial charge >= 0.3 is 5.51 Å². The number of alkyl halides is 3. The van der Waals surface area contributed by atoms with Gasteiger partial charge in [-0.3, -0.25) is 0 Å². The number of aliphatic hydroxyl groups excluding tert-OH is 1. The summed E-state index contributed by atoms with van der Waals surface area (Å²) in [5.74, 6) is 0.689. The van der Waals surface area contributed by atoms with Crippen LogP contribution in [0.4, 0.5) is 13.2 Å². The van der Waals surface area contributed by atoms with E-state index in [1.165, 1.54) is 18.2 Å². The van der Waals surface area contributed by atoms with Gasteiger partial charge in [0, 0.05) is 23.5 Å². The van der Waals surface area contributed by atoms with E-state index >= 15 is 0 Å². The number of thioether (sulfide) groups is 1. The molecule has 2 aliphatic heterocycles. The molecule has 140 valence electrons. The molecule has 1 aromatic carbocycles. The summed E-state index contributed by atoms with van der Waals surface area (Å²) in [5, 5.41) is 22.7. The molecule has 2 atom stereocenters. The van der Waals surface area contributed by atoms with Crippen LogP contribution in [0.1, 0.15) is 25.5 Å². The van der Waals surface area contributed by atoms with Gasteiger partial charge in [-0.15, -0.1) is 4.99 Å². The fourth-order valence-electron chi connectivity index (χ4n) is 3.20. The van der Waals surface area contributed by atoms with Crippen molar-refractivity contribution in [2.45, 2.75) is 42.0 Å². The Balaban J connectivity index is 2.07. The lowest BCUT2D eigenvalue weighted by Crippen LogP contribution is -2.54. The quantitative estimate of drug-likeness (QED) is 0.601. The molecule has 2 aliphatic rings. The Morgan fingerprint density at radius 2 is 2.19 bits per heavy atom. The Labute approximate surface area is 152 Å². The van der Waals surface area contributed by atoms with Gasteiger partial charge < -0.3 is 20.1 Å². The number of halogens is 3. The Bertz CT molecular complexity index is 776. The minimum Gasteiger partial charge on any atom is -0.485 e. The molecular weight excluding hydrogens is 369 g/mol. The Morgan fingerprint density at radius 1 is 1.46 bits per heavy atom. The lowest BCUT2D eigenvalue weighted by atomic mass is 9.85. The van der Waals surface area contributed by atoms with E-state index < -0.39 is 23.3 Å². The number of hydrogen-bond acceptors (Lipinski definition) is 5. The minimum atomic E-state index is -4.42. The summed E-state index contributed by atoms with van der Waals surface area (Å²) in [5.41, 5.74) is -4.95. The third-order valence-corrected chi connectivity index (χ3v) is 5.04. The highest BCUT2D eigenvalue weighted by Gasteiger charge is 2.47. The van der Waals surface area contributed by atoms with Crippen molar-refractivity contribution in [3.8, 4) is 11.9 Å². The summed E-state index contributed by atoms with van der Waals surface area (Å²) in [6, 6.07) is 3.51. The van der Waals surface area contributed by atoms with E-state index in [2.05, 4.69) is 10.3 Å². The number of nitriles is 1. The lowest BCUT2D eigenvalue weighted by Gasteiger charge is -2.45. The molecule has 0 amide bonds.